The van der Waals surface area contributed by atoms with Crippen LogP contribution in [0.4, 0.5) is 0 Å². The van der Waals surface area contributed by atoms with Crippen molar-refractivity contribution in [1.29, 1.82) is 0 Å². The fourth-order valence-electron chi connectivity index (χ4n) is 0.885. The largest absolute Gasteiger partial charge is 0.391 e. The summed E-state index contributed by atoms with van der Waals surface area (Å²) in [4.78, 5) is 0. The highest BCUT2D eigenvalue weighted by atomic mass is 16.5. The van der Waals surface area contributed by atoms with E-state index < -0.39 is 0 Å². The molecule has 0 aliphatic carbocycles. The third kappa shape index (κ3) is 9.92. The molecule has 11 heavy (non-hydrogen) atoms. The van der Waals surface area contributed by atoms with Crippen LogP contribution in [0, 0.1) is 0 Å². The molecule has 0 aromatic heterocycles. The van der Waals surface area contributed by atoms with Crippen molar-refractivity contribution in [1.82, 2.24) is 0 Å². The molecule has 2 heteroatoms. The maximum Gasteiger partial charge on any atom is 0.0745 e. The molecule has 0 heterocycles. The first-order chi connectivity index (χ1) is 5.27. The zero-order valence-electron chi connectivity index (χ0n) is 7.68. The Kier molecular flexibility index (Phi) is 7.96. The highest BCUT2D eigenvalue weighted by molar-refractivity contribution is 4.43. The molecule has 68 valence electrons. The Morgan fingerprint density at radius 1 is 1.27 bits per heavy atom. The second-order valence-corrected chi connectivity index (χ2v) is 2.98. The molecule has 1 N–H and O–H groups in total. The lowest BCUT2D eigenvalue weighted by Crippen LogP contribution is -2.10. The zero-order valence-corrected chi connectivity index (χ0v) is 7.68. The van der Waals surface area contributed by atoms with E-state index in [1.807, 2.05) is 0 Å². The quantitative estimate of drug-likeness (QED) is 0.577. The summed E-state index contributed by atoms with van der Waals surface area (Å²) in [6.45, 7) is 5.21. The van der Waals surface area contributed by atoms with Gasteiger partial charge in [-0.1, -0.05) is 26.2 Å². The molecule has 0 aromatic rings. The lowest BCUT2D eigenvalue weighted by molar-refractivity contribution is 0.0445. The first-order valence-electron chi connectivity index (χ1n) is 4.53. The molecular weight excluding hydrogens is 140 g/mol. The molecular formula is C9H20O2. The van der Waals surface area contributed by atoms with Gasteiger partial charge in [-0.3, -0.25) is 0 Å². The summed E-state index contributed by atoms with van der Waals surface area (Å²) < 4.78 is 5.19. The van der Waals surface area contributed by atoms with E-state index in [0.29, 0.717) is 6.61 Å². The van der Waals surface area contributed by atoms with Crippen molar-refractivity contribution < 1.29 is 9.84 Å². The van der Waals surface area contributed by atoms with Gasteiger partial charge in [-0.15, -0.1) is 0 Å². The summed E-state index contributed by atoms with van der Waals surface area (Å²) in [7, 11) is 0. The molecule has 0 unspecified atom stereocenters. The zero-order chi connectivity index (χ0) is 8.53. The second-order valence-electron chi connectivity index (χ2n) is 2.98. The summed E-state index contributed by atoms with van der Waals surface area (Å²) in [5.74, 6) is 0. The molecule has 0 bridgehead atoms. The van der Waals surface area contributed by atoms with Crippen LogP contribution in [0.3, 0.4) is 0 Å². The van der Waals surface area contributed by atoms with E-state index in [0.717, 1.165) is 13.0 Å². The van der Waals surface area contributed by atoms with Gasteiger partial charge in [-0.25, -0.2) is 0 Å². The van der Waals surface area contributed by atoms with Crippen molar-refractivity contribution in [2.45, 2.75) is 45.6 Å². The first kappa shape index (κ1) is 10.9. The molecule has 0 spiro atoms. The van der Waals surface area contributed by atoms with Crippen molar-refractivity contribution in [3.8, 4) is 0 Å². The van der Waals surface area contributed by atoms with E-state index in [1.54, 1.807) is 6.92 Å². The van der Waals surface area contributed by atoms with Gasteiger partial charge in [0.2, 0.25) is 0 Å². The Hall–Kier alpha value is -0.0800. The fraction of sp³-hybridized carbons (Fsp3) is 1.00. The minimum Gasteiger partial charge on any atom is -0.391 e. The molecule has 0 fully saturated rings. The summed E-state index contributed by atoms with van der Waals surface area (Å²) >= 11 is 0. The van der Waals surface area contributed by atoms with Gasteiger partial charge < -0.3 is 9.84 Å². The van der Waals surface area contributed by atoms with E-state index in [4.69, 9.17) is 9.84 Å². The van der Waals surface area contributed by atoms with E-state index in [1.165, 1.54) is 19.3 Å². The van der Waals surface area contributed by atoms with Crippen LogP contribution >= 0.6 is 0 Å². The number of ether oxygens (including phenoxy) is 1. The Balaban J connectivity index is 2.80. The normalized spacial score (nSPS) is 13.4. The monoisotopic (exact) mass is 160 g/mol. The van der Waals surface area contributed by atoms with Crippen LogP contribution in [-0.4, -0.2) is 24.4 Å². The van der Waals surface area contributed by atoms with Crippen LogP contribution in [0.2, 0.25) is 0 Å². The van der Waals surface area contributed by atoms with Crippen LogP contribution in [0.1, 0.15) is 39.5 Å². The molecule has 0 saturated carbocycles. The summed E-state index contributed by atoms with van der Waals surface area (Å²) in [5, 5.41) is 8.83. The molecule has 1 atom stereocenters. The van der Waals surface area contributed by atoms with E-state index in [2.05, 4.69) is 6.92 Å². The predicted octanol–water partition coefficient (Wildman–Crippen LogP) is 1.96. The van der Waals surface area contributed by atoms with E-state index in [-0.39, 0.29) is 6.10 Å². The van der Waals surface area contributed by atoms with Gasteiger partial charge in [-0.05, 0) is 13.3 Å². The van der Waals surface area contributed by atoms with Gasteiger partial charge in [0, 0.05) is 6.61 Å². The molecule has 0 rings (SSSR count). The maximum absolute atomic E-state index is 8.83. The van der Waals surface area contributed by atoms with Gasteiger partial charge in [0.1, 0.15) is 0 Å². The predicted molar refractivity (Wildman–Crippen MR) is 46.6 cm³/mol. The van der Waals surface area contributed by atoms with Gasteiger partial charge >= 0.3 is 0 Å². The maximum atomic E-state index is 8.83. The van der Waals surface area contributed by atoms with Crippen molar-refractivity contribution in [2.75, 3.05) is 13.2 Å². The molecule has 2 nitrogen and oxygen atoms in total. The third-order valence-corrected chi connectivity index (χ3v) is 1.50. The Morgan fingerprint density at radius 3 is 2.55 bits per heavy atom. The highest BCUT2D eigenvalue weighted by Gasteiger charge is 1.94. The molecule has 0 radical (unpaired) electrons. The van der Waals surface area contributed by atoms with Crippen LogP contribution in [-0.2, 0) is 4.74 Å². The van der Waals surface area contributed by atoms with Crippen molar-refractivity contribution in [3.63, 3.8) is 0 Å². The standard InChI is InChI=1S/C9H20O2/c1-3-4-5-6-7-11-8-9(2)10/h9-10H,3-8H2,1-2H3/t9-/m1/s1. The van der Waals surface area contributed by atoms with Crippen LogP contribution < -0.4 is 0 Å². The number of hydrogen-bond donors (Lipinski definition) is 1. The Bertz CT molecular complexity index is 72.0. The van der Waals surface area contributed by atoms with Crippen molar-refractivity contribution in [2.24, 2.45) is 0 Å². The third-order valence-electron chi connectivity index (χ3n) is 1.50. The number of hydrogen-bond acceptors (Lipinski definition) is 2. The smallest absolute Gasteiger partial charge is 0.0745 e. The lowest BCUT2D eigenvalue weighted by Gasteiger charge is -2.05. The van der Waals surface area contributed by atoms with E-state index in [9.17, 15) is 0 Å². The molecule has 0 amide bonds. The van der Waals surface area contributed by atoms with Crippen molar-refractivity contribution in [3.05, 3.63) is 0 Å². The van der Waals surface area contributed by atoms with Gasteiger partial charge in [0.25, 0.3) is 0 Å². The summed E-state index contributed by atoms with van der Waals surface area (Å²) in [6, 6.07) is 0. The van der Waals surface area contributed by atoms with Gasteiger partial charge in [0.15, 0.2) is 0 Å². The number of rotatable bonds is 7. The second kappa shape index (κ2) is 8.02. The summed E-state index contributed by atoms with van der Waals surface area (Å²) in [6.07, 6.45) is 4.60. The average molecular weight is 160 g/mol. The number of aliphatic hydroxyl groups is 1. The highest BCUT2D eigenvalue weighted by Crippen LogP contribution is 1.98. The van der Waals surface area contributed by atoms with Gasteiger partial charge in [0.05, 0.1) is 12.7 Å². The molecule has 0 aliphatic heterocycles. The minimum atomic E-state index is -0.318. The average Bonchev–Trinajstić information content (AvgIpc) is 1.96. The van der Waals surface area contributed by atoms with Crippen LogP contribution in [0.25, 0.3) is 0 Å². The molecule has 0 aromatic carbocycles. The molecule has 0 aliphatic rings. The van der Waals surface area contributed by atoms with Crippen LogP contribution in [0.15, 0.2) is 0 Å². The summed E-state index contributed by atoms with van der Waals surface area (Å²) in [5.41, 5.74) is 0. The van der Waals surface area contributed by atoms with Crippen molar-refractivity contribution >= 4 is 0 Å². The Morgan fingerprint density at radius 2 is 2.00 bits per heavy atom. The van der Waals surface area contributed by atoms with E-state index >= 15 is 0 Å². The number of aliphatic hydroxyl groups excluding tert-OH is 1. The Labute approximate surface area is 69.6 Å². The van der Waals surface area contributed by atoms with Crippen LogP contribution in [0.5, 0.6) is 0 Å². The fourth-order valence-corrected chi connectivity index (χ4v) is 0.885. The minimum absolute atomic E-state index is 0.318. The van der Waals surface area contributed by atoms with Gasteiger partial charge in [-0.2, -0.15) is 0 Å². The lowest BCUT2D eigenvalue weighted by atomic mass is 10.2. The number of unbranched alkanes of at least 4 members (excludes halogenated alkanes) is 3. The first-order valence-corrected chi connectivity index (χ1v) is 4.53. The SMILES string of the molecule is CCCCCCOC[C@@H](C)O. The molecule has 0 saturated heterocycles. The topological polar surface area (TPSA) is 29.5 Å².